The van der Waals surface area contributed by atoms with Crippen molar-refractivity contribution in [3.63, 3.8) is 0 Å². The van der Waals surface area contributed by atoms with Gasteiger partial charge in [-0.25, -0.2) is 4.98 Å². The topological polar surface area (TPSA) is 153 Å². The van der Waals surface area contributed by atoms with Crippen molar-refractivity contribution in [3.8, 4) is 28.8 Å². The molecule has 1 amide bonds. The average Bonchev–Trinajstić information content (AvgIpc) is 3.09. The summed E-state index contributed by atoms with van der Waals surface area (Å²) in [4.78, 5) is 25.7. The molecule has 0 radical (unpaired) electrons. The molecule has 3 aromatic rings. The van der Waals surface area contributed by atoms with E-state index in [1.54, 1.807) is 12.1 Å². The molecule has 0 unspecified atom stereocenters. The SMILES string of the molecule is N#CC1(C(N)=O)CCC(COCCN2CCN(c3nc(N)nc4c3CCc3cc(OCc5ccc(OC(F)(F)F)cc5)ccc3-4)CC2)CC1. The first-order valence-electron chi connectivity index (χ1n) is 16.6. The first-order valence-corrected chi connectivity index (χ1v) is 16.6. The minimum absolute atomic E-state index is 0.196. The number of hydrogen-bond donors (Lipinski definition) is 2. The Balaban J connectivity index is 0.997. The summed E-state index contributed by atoms with van der Waals surface area (Å²) < 4.78 is 53.2. The lowest BCUT2D eigenvalue weighted by molar-refractivity contribution is -0.274. The molecule has 49 heavy (non-hydrogen) atoms. The molecule has 0 atom stereocenters. The van der Waals surface area contributed by atoms with Gasteiger partial charge in [0.05, 0.1) is 18.4 Å². The number of nitrogens with zero attached hydrogens (tertiary/aromatic N) is 5. The van der Waals surface area contributed by atoms with Crippen molar-refractivity contribution in [1.82, 2.24) is 14.9 Å². The summed E-state index contributed by atoms with van der Waals surface area (Å²) in [5.41, 5.74) is 15.4. The third kappa shape index (κ3) is 8.17. The van der Waals surface area contributed by atoms with Crippen molar-refractivity contribution >= 4 is 17.7 Å². The zero-order chi connectivity index (χ0) is 34.6. The number of fused-ring (bicyclic) bond motifs is 3. The number of primary amides is 1. The predicted octanol–water partition coefficient (Wildman–Crippen LogP) is 4.63. The number of nitrogens with two attached hydrogens (primary N) is 2. The van der Waals surface area contributed by atoms with E-state index in [0.717, 1.165) is 86.6 Å². The summed E-state index contributed by atoms with van der Waals surface area (Å²) in [6.45, 7) is 5.60. The fourth-order valence-corrected chi connectivity index (χ4v) is 6.89. The quantitative estimate of drug-likeness (QED) is 0.275. The first-order chi connectivity index (χ1) is 23.5. The Bertz CT molecular complexity index is 1680. The van der Waals surface area contributed by atoms with Crippen LogP contribution in [0.4, 0.5) is 24.9 Å². The highest BCUT2D eigenvalue weighted by atomic mass is 19.4. The molecule has 1 aromatic heterocycles. The third-order valence-corrected chi connectivity index (χ3v) is 9.76. The number of anilines is 2. The van der Waals surface area contributed by atoms with E-state index in [4.69, 9.17) is 20.9 Å². The van der Waals surface area contributed by atoms with Crippen LogP contribution in [0.3, 0.4) is 0 Å². The Labute approximate surface area is 282 Å². The van der Waals surface area contributed by atoms with Crippen molar-refractivity contribution in [3.05, 3.63) is 59.2 Å². The van der Waals surface area contributed by atoms with Gasteiger partial charge in [-0.15, -0.1) is 13.2 Å². The van der Waals surface area contributed by atoms with E-state index in [-0.39, 0.29) is 18.3 Å². The normalized spacial score (nSPS) is 20.9. The van der Waals surface area contributed by atoms with Crippen LogP contribution in [-0.4, -0.2) is 73.1 Å². The Morgan fingerprint density at radius 1 is 1.02 bits per heavy atom. The van der Waals surface area contributed by atoms with E-state index in [0.29, 0.717) is 43.3 Å². The molecule has 260 valence electrons. The highest BCUT2D eigenvalue weighted by Gasteiger charge is 2.40. The number of ether oxygens (including phenoxy) is 3. The zero-order valence-electron chi connectivity index (χ0n) is 27.2. The fraction of sp³-hybridized carbons (Fsp3) is 0.486. The number of benzene rings is 2. The van der Waals surface area contributed by atoms with Crippen LogP contribution in [0, 0.1) is 22.7 Å². The summed E-state index contributed by atoms with van der Waals surface area (Å²) in [5, 5.41) is 9.41. The molecule has 0 spiro atoms. The van der Waals surface area contributed by atoms with Gasteiger partial charge in [-0.2, -0.15) is 10.2 Å². The number of carbonyl (C=O) groups is 1. The van der Waals surface area contributed by atoms with Gasteiger partial charge in [-0.1, -0.05) is 12.1 Å². The minimum Gasteiger partial charge on any atom is -0.489 e. The molecule has 2 aromatic carbocycles. The smallest absolute Gasteiger partial charge is 0.489 e. The lowest BCUT2D eigenvalue weighted by atomic mass is 9.71. The van der Waals surface area contributed by atoms with E-state index in [2.05, 4.69) is 30.6 Å². The molecule has 3 aliphatic rings. The molecule has 14 heteroatoms. The maximum atomic E-state index is 12.4. The predicted molar refractivity (Wildman–Crippen MR) is 175 cm³/mol. The molecule has 0 bridgehead atoms. The summed E-state index contributed by atoms with van der Waals surface area (Å²) in [7, 11) is 0. The molecule has 4 N–H and O–H groups in total. The molecule has 2 aliphatic carbocycles. The molecule has 1 saturated heterocycles. The number of amides is 1. The van der Waals surface area contributed by atoms with Crippen molar-refractivity contribution in [1.29, 1.82) is 5.26 Å². The molecular weight excluding hydrogens is 639 g/mol. The number of piperazine rings is 1. The Morgan fingerprint density at radius 2 is 1.73 bits per heavy atom. The van der Waals surface area contributed by atoms with Gasteiger partial charge in [0.15, 0.2) is 0 Å². The maximum Gasteiger partial charge on any atom is 0.573 e. The first kappa shape index (κ1) is 34.3. The Kier molecular flexibility index (Phi) is 10.1. The summed E-state index contributed by atoms with van der Waals surface area (Å²) >= 11 is 0. The van der Waals surface area contributed by atoms with Crippen LogP contribution in [0.2, 0.25) is 0 Å². The van der Waals surface area contributed by atoms with Crippen LogP contribution in [0.1, 0.15) is 42.4 Å². The molecule has 1 aliphatic heterocycles. The number of aryl methyl sites for hydroxylation is 1. The number of hydrogen-bond acceptors (Lipinski definition) is 10. The van der Waals surface area contributed by atoms with Crippen LogP contribution >= 0.6 is 0 Å². The number of aromatic nitrogens is 2. The molecule has 2 fully saturated rings. The summed E-state index contributed by atoms with van der Waals surface area (Å²) in [6, 6.07) is 13.6. The van der Waals surface area contributed by atoms with Gasteiger partial charge in [-0.3, -0.25) is 9.69 Å². The average molecular weight is 680 g/mol. The van der Waals surface area contributed by atoms with Gasteiger partial charge >= 0.3 is 6.36 Å². The Hall–Kier alpha value is -4.61. The summed E-state index contributed by atoms with van der Waals surface area (Å²) in [6.07, 6.45) is -0.656. The van der Waals surface area contributed by atoms with Crippen LogP contribution in [-0.2, 0) is 29.0 Å². The maximum absolute atomic E-state index is 12.4. The van der Waals surface area contributed by atoms with Crippen LogP contribution in [0.15, 0.2) is 42.5 Å². The van der Waals surface area contributed by atoms with E-state index < -0.39 is 17.7 Å². The minimum atomic E-state index is -4.73. The van der Waals surface area contributed by atoms with E-state index in [9.17, 15) is 23.2 Å². The lowest BCUT2D eigenvalue weighted by Crippen LogP contribution is -2.48. The standard InChI is InChI=1S/C35H40F3N7O4/c36-35(37,38)49-26-4-1-23(2-5-26)21-48-27-6-8-28-25(19-27)3-7-29-30(28)42-33(41)43-31(29)45-15-13-44(14-16-45)17-18-47-20-24-9-11-34(22-39,12-10-24)32(40)46/h1-2,4-6,8,19,24H,3,7,9-18,20-21H2,(H2,40,46)(H2,41,42,43). The highest BCUT2D eigenvalue weighted by Crippen LogP contribution is 2.40. The molecule has 11 nitrogen and oxygen atoms in total. The second-order valence-electron chi connectivity index (χ2n) is 12.9. The highest BCUT2D eigenvalue weighted by molar-refractivity contribution is 5.83. The van der Waals surface area contributed by atoms with E-state index in [1.165, 1.54) is 12.1 Å². The van der Waals surface area contributed by atoms with Gasteiger partial charge < -0.3 is 30.6 Å². The number of rotatable bonds is 11. The van der Waals surface area contributed by atoms with E-state index in [1.807, 2.05) is 18.2 Å². The number of carbonyl (C=O) groups excluding carboxylic acids is 1. The summed E-state index contributed by atoms with van der Waals surface area (Å²) in [5.74, 6) is 1.30. The monoisotopic (exact) mass is 679 g/mol. The van der Waals surface area contributed by atoms with E-state index >= 15 is 0 Å². The molecule has 2 heterocycles. The number of halogens is 3. The van der Waals surface area contributed by atoms with Crippen LogP contribution < -0.4 is 25.8 Å². The third-order valence-electron chi connectivity index (χ3n) is 9.76. The molecule has 1 saturated carbocycles. The van der Waals surface area contributed by atoms with Gasteiger partial charge in [0.25, 0.3) is 0 Å². The Morgan fingerprint density at radius 3 is 2.41 bits per heavy atom. The molecule has 6 rings (SSSR count). The van der Waals surface area contributed by atoms with Gasteiger partial charge in [0, 0.05) is 50.5 Å². The second-order valence-corrected chi connectivity index (χ2v) is 12.9. The van der Waals surface area contributed by atoms with Gasteiger partial charge in [-0.05, 0) is 85.9 Å². The van der Waals surface area contributed by atoms with Crippen molar-refractivity contribution in [2.45, 2.75) is 51.5 Å². The second kappa shape index (κ2) is 14.5. The van der Waals surface area contributed by atoms with Crippen molar-refractivity contribution < 1.29 is 32.2 Å². The van der Waals surface area contributed by atoms with Crippen molar-refractivity contribution in [2.75, 3.05) is 56.6 Å². The van der Waals surface area contributed by atoms with Crippen molar-refractivity contribution in [2.24, 2.45) is 17.1 Å². The van der Waals surface area contributed by atoms with Gasteiger partial charge in [0.2, 0.25) is 11.9 Å². The number of nitriles is 1. The number of alkyl halides is 3. The number of nitrogen functional groups attached to an aromatic ring is 1. The fourth-order valence-electron chi connectivity index (χ4n) is 6.89. The van der Waals surface area contributed by atoms with Crippen LogP contribution in [0.25, 0.3) is 11.3 Å². The lowest BCUT2D eigenvalue weighted by Gasteiger charge is -2.37. The molecular formula is C35H40F3N7O4. The van der Waals surface area contributed by atoms with Gasteiger partial charge in [0.1, 0.15) is 29.3 Å². The largest absolute Gasteiger partial charge is 0.573 e. The van der Waals surface area contributed by atoms with Crippen LogP contribution in [0.5, 0.6) is 11.5 Å². The zero-order valence-corrected chi connectivity index (χ0v) is 27.2.